The molecular formula is C10H12BrF2NO. The van der Waals surface area contributed by atoms with Crippen LogP contribution in [-0.4, -0.2) is 11.7 Å². The number of benzene rings is 1. The van der Waals surface area contributed by atoms with Gasteiger partial charge in [-0.25, -0.2) is 8.78 Å². The average Bonchev–Trinajstić information content (AvgIpc) is 2.21. The lowest BCUT2D eigenvalue weighted by atomic mass is 10.0. The smallest absolute Gasteiger partial charge is 0.145 e. The van der Waals surface area contributed by atoms with E-state index in [9.17, 15) is 8.78 Å². The van der Waals surface area contributed by atoms with Gasteiger partial charge in [-0.15, -0.1) is 0 Å². The molecule has 0 radical (unpaired) electrons. The molecule has 0 heterocycles. The molecule has 5 heteroatoms. The molecule has 1 aromatic rings. The van der Waals surface area contributed by atoms with Crippen LogP contribution in [0.3, 0.4) is 0 Å². The van der Waals surface area contributed by atoms with Crippen LogP contribution in [0, 0.1) is 11.6 Å². The van der Waals surface area contributed by atoms with Crippen molar-refractivity contribution in [3.05, 3.63) is 33.8 Å². The molecule has 1 atom stereocenters. The van der Waals surface area contributed by atoms with E-state index >= 15 is 0 Å². The Bertz CT molecular complexity index is 346. The van der Waals surface area contributed by atoms with Crippen LogP contribution in [0.4, 0.5) is 8.78 Å². The third-order valence-corrected chi connectivity index (χ3v) is 2.74. The molecule has 0 aliphatic rings. The fraction of sp³-hybridized carbons (Fsp3) is 0.400. The Hall–Kier alpha value is -0.520. The average molecular weight is 280 g/mol. The van der Waals surface area contributed by atoms with E-state index in [1.807, 2.05) is 0 Å². The second-order valence-electron chi connectivity index (χ2n) is 3.23. The number of aliphatic hydroxyl groups is 1. The largest absolute Gasteiger partial charge is 0.396 e. The van der Waals surface area contributed by atoms with Crippen molar-refractivity contribution in [3.63, 3.8) is 0 Å². The minimum atomic E-state index is -0.727. The summed E-state index contributed by atoms with van der Waals surface area (Å²) in [6.07, 6.45) is 0.771. The van der Waals surface area contributed by atoms with E-state index in [2.05, 4.69) is 15.9 Å². The van der Waals surface area contributed by atoms with Gasteiger partial charge in [0.25, 0.3) is 0 Å². The number of nitrogens with two attached hydrogens (primary N) is 1. The van der Waals surface area contributed by atoms with Crippen molar-refractivity contribution in [2.75, 3.05) is 6.61 Å². The van der Waals surface area contributed by atoms with E-state index in [0.717, 1.165) is 0 Å². The lowest BCUT2D eigenvalue weighted by Crippen LogP contribution is -2.15. The molecule has 0 aliphatic heterocycles. The van der Waals surface area contributed by atoms with Crippen LogP contribution < -0.4 is 5.73 Å². The number of aliphatic hydroxyl groups excluding tert-OH is 1. The molecule has 0 fully saturated rings. The lowest BCUT2D eigenvalue weighted by molar-refractivity contribution is 0.278. The van der Waals surface area contributed by atoms with Crippen molar-refractivity contribution in [2.45, 2.75) is 18.9 Å². The van der Waals surface area contributed by atoms with Crippen molar-refractivity contribution in [2.24, 2.45) is 5.73 Å². The predicted octanol–water partition coefficient (Wildman–Crippen LogP) is 2.50. The van der Waals surface area contributed by atoms with E-state index in [4.69, 9.17) is 10.8 Å². The number of hydrogen-bond donors (Lipinski definition) is 2. The standard InChI is InChI=1S/C10H12BrF2NO/c11-6-3-4-7(12)9(10(6)13)8(14)2-1-5-15/h3-4,8,15H,1-2,5,14H2/t8-/m1/s1. The topological polar surface area (TPSA) is 46.2 Å². The normalized spacial score (nSPS) is 12.9. The highest BCUT2D eigenvalue weighted by atomic mass is 79.9. The summed E-state index contributed by atoms with van der Waals surface area (Å²) in [6.45, 7) is -0.0368. The monoisotopic (exact) mass is 279 g/mol. The maximum atomic E-state index is 13.5. The summed E-state index contributed by atoms with van der Waals surface area (Å²) in [7, 11) is 0. The van der Waals surface area contributed by atoms with Crippen molar-refractivity contribution in [1.82, 2.24) is 0 Å². The van der Waals surface area contributed by atoms with Crippen LogP contribution in [0.1, 0.15) is 24.4 Å². The first-order valence-electron chi connectivity index (χ1n) is 4.57. The Morgan fingerprint density at radius 3 is 2.67 bits per heavy atom. The quantitative estimate of drug-likeness (QED) is 0.832. The molecule has 0 saturated carbocycles. The molecule has 0 spiro atoms. The fourth-order valence-electron chi connectivity index (χ4n) is 1.34. The maximum absolute atomic E-state index is 13.5. The summed E-state index contributed by atoms with van der Waals surface area (Å²) >= 11 is 2.97. The van der Waals surface area contributed by atoms with Crippen LogP contribution >= 0.6 is 15.9 Å². The summed E-state index contributed by atoms with van der Waals surface area (Å²) in [5.41, 5.74) is 5.51. The molecule has 0 saturated heterocycles. The highest BCUT2D eigenvalue weighted by Gasteiger charge is 2.18. The first kappa shape index (κ1) is 12.5. The van der Waals surface area contributed by atoms with E-state index in [0.29, 0.717) is 12.8 Å². The Balaban J connectivity index is 2.96. The molecule has 3 N–H and O–H groups in total. The molecule has 0 aromatic heterocycles. The zero-order chi connectivity index (χ0) is 11.4. The van der Waals surface area contributed by atoms with Crippen LogP contribution in [0.2, 0.25) is 0 Å². The minimum Gasteiger partial charge on any atom is -0.396 e. The molecule has 0 amide bonds. The van der Waals surface area contributed by atoms with E-state index in [-0.39, 0.29) is 16.6 Å². The van der Waals surface area contributed by atoms with Crippen LogP contribution in [0.15, 0.2) is 16.6 Å². The molecule has 0 unspecified atom stereocenters. The van der Waals surface area contributed by atoms with Gasteiger partial charge < -0.3 is 10.8 Å². The minimum absolute atomic E-state index is 0.0368. The molecule has 0 bridgehead atoms. The SMILES string of the molecule is N[C@H](CCCO)c1c(F)ccc(Br)c1F. The molecule has 2 nitrogen and oxygen atoms in total. The molecular weight excluding hydrogens is 268 g/mol. The number of halogens is 3. The van der Waals surface area contributed by atoms with Crippen molar-refractivity contribution in [3.8, 4) is 0 Å². The van der Waals surface area contributed by atoms with Gasteiger partial charge in [-0.2, -0.15) is 0 Å². The predicted molar refractivity (Wildman–Crippen MR) is 57.3 cm³/mol. The summed E-state index contributed by atoms with van der Waals surface area (Å²) in [6, 6.07) is 1.74. The second-order valence-corrected chi connectivity index (χ2v) is 4.08. The Morgan fingerprint density at radius 1 is 1.40 bits per heavy atom. The summed E-state index contributed by atoms with van der Waals surface area (Å²) in [4.78, 5) is 0. The molecule has 84 valence electrons. The van der Waals surface area contributed by atoms with Crippen LogP contribution in [0.5, 0.6) is 0 Å². The molecule has 1 rings (SSSR count). The van der Waals surface area contributed by atoms with Crippen LogP contribution in [0.25, 0.3) is 0 Å². The summed E-state index contributed by atoms with van der Waals surface area (Å²) in [5, 5.41) is 8.60. The van der Waals surface area contributed by atoms with Gasteiger partial charge in [-0.3, -0.25) is 0 Å². The van der Waals surface area contributed by atoms with E-state index < -0.39 is 17.7 Å². The van der Waals surface area contributed by atoms with E-state index in [1.54, 1.807) is 0 Å². The third-order valence-electron chi connectivity index (χ3n) is 2.12. The molecule has 1 aromatic carbocycles. The molecule has 0 aliphatic carbocycles. The van der Waals surface area contributed by atoms with Gasteiger partial charge in [0, 0.05) is 18.2 Å². The summed E-state index contributed by atoms with van der Waals surface area (Å²) in [5.74, 6) is -1.32. The highest BCUT2D eigenvalue weighted by molar-refractivity contribution is 9.10. The van der Waals surface area contributed by atoms with Gasteiger partial charge in [0.1, 0.15) is 11.6 Å². The Labute approximate surface area is 95.2 Å². The van der Waals surface area contributed by atoms with Crippen molar-refractivity contribution in [1.29, 1.82) is 0 Å². The van der Waals surface area contributed by atoms with Gasteiger partial charge >= 0.3 is 0 Å². The van der Waals surface area contributed by atoms with Crippen molar-refractivity contribution < 1.29 is 13.9 Å². The summed E-state index contributed by atoms with van der Waals surface area (Å²) < 4.78 is 27.0. The zero-order valence-corrected chi connectivity index (χ0v) is 9.60. The Kier molecular flexibility index (Phi) is 4.63. The number of hydrogen-bond acceptors (Lipinski definition) is 2. The Morgan fingerprint density at radius 2 is 2.07 bits per heavy atom. The fourth-order valence-corrected chi connectivity index (χ4v) is 1.68. The van der Waals surface area contributed by atoms with Crippen molar-refractivity contribution >= 4 is 15.9 Å². The lowest BCUT2D eigenvalue weighted by Gasteiger charge is -2.13. The zero-order valence-electron chi connectivity index (χ0n) is 8.01. The second kappa shape index (κ2) is 5.53. The third kappa shape index (κ3) is 2.96. The van der Waals surface area contributed by atoms with E-state index in [1.165, 1.54) is 12.1 Å². The van der Waals surface area contributed by atoms with Gasteiger partial charge in [-0.05, 0) is 40.9 Å². The maximum Gasteiger partial charge on any atom is 0.145 e. The molecule has 15 heavy (non-hydrogen) atoms. The van der Waals surface area contributed by atoms with Gasteiger partial charge in [0.2, 0.25) is 0 Å². The number of rotatable bonds is 4. The highest BCUT2D eigenvalue weighted by Crippen LogP contribution is 2.27. The van der Waals surface area contributed by atoms with Crippen LogP contribution in [-0.2, 0) is 0 Å². The van der Waals surface area contributed by atoms with Gasteiger partial charge in [0.15, 0.2) is 0 Å². The van der Waals surface area contributed by atoms with Gasteiger partial charge in [0.05, 0.1) is 4.47 Å². The first-order valence-corrected chi connectivity index (χ1v) is 5.37. The first-order chi connectivity index (χ1) is 7.07. The van der Waals surface area contributed by atoms with Gasteiger partial charge in [-0.1, -0.05) is 0 Å².